The Morgan fingerprint density at radius 1 is 1.46 bits per heavy atom. The molecule has 0 fully saturated rings. The van der Waals surface area contributed by atoms with Crippen molar-refractivity contribution in [2.75, 3.05) is 0 Å². The Morgan fingerprint density at radius 2 is 2.15 bits per heavy atom. The maximum atomic E-state index is 5.94. The molecule has 2 unspecified atom stereocenters. The first kappa shape index (κ1) is 11.5. The van der Waals surface area contributed by atoms with Crippen LogP contribution in [-0.4, -0.2) is 5.38 Å². The summed E-state index contributed by atoms with van der Waals surface area (Å²) in [7, 11) is 0. The summed E-state index contributed by atoms with van der Waals surface area (Å²) in [6.07, 6.45) is 2.24. The van der Waals surface area contributed by atoms with Crippen molar-refractivity contribution >= 4 is 38.9 Å². The zero-order valence-corrected chi connectivity index (χ0v) is 11.0. The van der Waals surface area contributed by atoms with Crippen LogP contribution in [0, 0.1) is 5.92 Å². The quantitative estimate of drug-likeness (QED) is 0.701. The molecule has 0 bridgehead atoms. The molecule has 1 aromatic heterocycles. The van der Waals surface area contributed by atoms with Crippen LogP contribution >= 0.6 is 38.9 Å². The second-order valence-corrected chi connectivity index (χ2v) is 6.82. The lowest BCUT2D eigenvalue weighted by Gasteiger charge is -2.10. The predicted octanol–water partition coefficient (Wildman–Crippen LogP) is 4.71. The highest BCUT2D eigenvalue weighted by Crippen LogP contribution is 2.25. The number of thiophene rings is 1. The molecule has 0 saturated carbocycles. The highest BCUT2D eigenvalue weighted by Gasteiger charge is 2.08. The Balaban J connectivity index is 2.40. The predicted molar refractivity (Wildman–Crippen MR) is 64.8 cm³/mol. The number of halogens is 2. The molecule has 0 radical (unpaired) electrons. The van der Waals surface area contributed by atoms with E-state index >= 15 is 0 Å². The molecule has 13 heavy (non-hydrogen) atoms. The third-order valence-electron chi connectivity index (χ3n) is 1.91. The van der Waals surface area contributed by atoms with Gasteiger partial charge in [0.2, 0.25) is 0 Å². The fourth-order valence-electron chi connectivity index (χ4n) is 1.44. The maximum absolute atomic E-state index is 5.94. The molecule has 2 atom stereocenters. The van der Waals surface area contributed by atoms with Crippen molar-refractivity contribution in [3.8, 4) is 0 Å². The monoisotopic (exact) mass is 280 g/mol. The molecule has 0 saturated heterocycles. The number of rotatable bonds is 4. The van der Waals surface area contributed by atoms with Gasteiger partial charge in [0, 0.05) is 10.3 Å². The van der Waals surface area contributed by atoms with Crippen LogP contribution in [0.15, 0.2) is 15.9 Å². The van der Waals surface area contributed by atoms with Crippen LogP contribution in [0.4, 0.5) is 0 Å². The van der Waals surface area contributed by atoms with Crippen LogP contribution < -0.4 is 0 Å². The van der Waals surface area contributed by atoms with Crippen molar-refractivity contribution in [3.63, 3.8) is 0 Å². The first-order valence-corrected chi connectivity index (χ1v) is 6.51. The largest absolute Gasteiger partial charge is 0.133 e. The lowest BCUT2D eigenvalue weighted by atomic mass is 10.0. The summed E-state index contributed by atoms with van der Waals surface area (Å²) in [5.74, 6) is 0.679. The summed E-state index contributed by atoms with van der Waals surface area (Å²) >= 11 is 11.2. The highest BCUT2D eigenvalue weighted by molar-refractivity contribution is 9.11. The van der Waals surface area contributed by atoms with E-state index in [9.17, 15) is 0 Å². The van der Waals surface area contributed by atoms with Gasteiger partial charge >= 0.3 is 0 Å². The molecule has 0 amide bonds. The van der Waals surface area contributed by atoms with Gasteiger partial charge in [-0.2, -0.15) is 0 Å². The normalized spacial score (nSPS) is 15.7. The van der Waals surface area contributed by atoms with E-state index in [4.69, 9.17) is 11.6 Å². The van der Waals surface area contributed by atoms with Gasteiger partial charge in [0.05, 0.1) is 3.79 Å². The molecular weight excluding hydrogens is 268 g/mol. The molecule has 3 heteroatoms. The lowest BCUT2D eigenvalue weighted by molar-refractivity contribution is 0.530. The smallest absolute Gasteiger partial charge is 0.0701 e. The van der Waals surface area contributed by atoms with Crippen LogP contribution in [0.3, 0.4) is 0 Å². The van der Waals surface area contributed by atoms with Gasteiger partial charge in [-0.1, -0.05) is 6.92 Å². The fourth-order valence-corrected chi connectivity index (χ4v) is 3.39. The molecule has 0 aliphatic heterocycles. The van der Waals surface area contributed by atoms with Gasteiger partial charge in [-0.25, -0.2) is 0 Å². The van der Waals surface area contributed by atoms with E-state index in [1.165, 1.54) is 8.66 Å². The van der Waals surface area contributed by atoms with Crippen molar-refractivity contribution in [1.82, 2.24) is 0 Å². The number of alkyl halides is 1. The molecule has 0 nitrogen and oxygen atoms in total. The van der Waals surface area contributed by atoms with Crippen molar-refractivity contribution in [2.24, 2.45) is 5.92 Å². The summed E-state index contributed by atoms with van der Waals surface area (Å²) in [6.45, 7) is 4.31. The zero-order valence-electron chi connectivity index (χ0n) is 7.89. The second kappa shape index (κ2) is 5.38. The second-order valence-electron chi connectivity index (χ2n) is 3.53. The summed E-state index contributed by atoms with van der Waals surface area (Å²) in [6, 6.07) is 4.29. The van der Waals surface area contributed by atoms with Crippen molar-refractivity contribution in [2.45, 2.75) is 32.1 Å². The molecular formula is C10H14BrClS. The SMILES string of the molecule is CC(Cl)CC(C)Cc1ccc(Br)s1. The Kier molecular flexibility index (Phi) is 4.77. The minimum absolute atomic E-state index is 0.290. The average Bonchev–Trinajstić information content (AvgIpc) is 2.33. The first-order valence-electron chi connectivity index (χ1n) is 4.46. The fraction of sp³-hybridized carbons (Fsp3) is 0.600. The van der Waals surface area contributed by atoms with Gasteiger partial charge in [0.15, 0.2) is 0 Å². The third kappa shape index (κ3) is 4.48. The van der Waals surface area contributed by atoms with Gasteiger partial charge in [-0.3, -0.25) is 0 Å². The number of hydrogen-bond acceptors (Lipinski definition) is 1. The Hall–Kier alpha value is 0.470. The van der Waals surface area contributed by atoms with Crippen LogP contribution in [0.5, 0.6) is 0 Å². The van der Waals surface area contributed by atoms with Gasteiger partial charge in [0.1, 0.15) is 0 Å². The molecule has 74 valence electrons. The summed E-state index contributed by atoms with van der Waals surface area (Å²) in [5, 5.41) is 0.290. The molecule has 1 rings (SSSR count). The third-order valence-corrected chi connectivity index (χ3v) is 3.73. The van der Waals surface area contributed by atoms with Gasteiger partial charge in [-0.05, 0) is 53.7 Å². The molecule has 0 aromatic carbocycles. The molecule has 1 aromatic rings. The average molecular weight is 282 g/mol. The van der Waals surface area contributed by atoms with E-state index in [0.717, 1.165) is 12.8 Å². The van der Waals surface area contributed by atoms with E-state index in [0.29, 0.717) is 11.3 Å². The van der Waals surface area contributed by atoms with Gasteiger partial charge in [0.25, 0.3) is 0 Å². The van der Waals surface area contributed by atoms with E-state index in [1.807, 2.05) is 11.3 Å². The van der Waals surface area contributed by atoms with E-state index in [2.05, 4.69) is 41.9 Å². The summed E-state index contributed by atoms with van der Waals surface area (Å²) < 4.78 is 1.22. The van der Waals surface area contributed by atoms with E-state index < -0.39 is 0 Å². The van der Waals surface area contributed by atoms with Crippen molar-refractivity contribution in [1.29, 1.82) is 0 Å². The molecule has 0 aliphatic rings. The van der Waals surface area contributed by atoms with Crippen molar-refractivity contribution < 1.29 is 0 Å². The minimum Gasteiger partial charge on any atom is -0.133 e. The molecule has 0 spiro atoms. The van der Waals surface area contributed by atoms with Crippen LogP contribution in [0.1, 0.15) is 25.1 Å². The lowest BCUT2D eigenvalue weighted by Crippen LogP contribution is -2.04. The van der Waals surface area contributed by atoms with Crippen LogP contribution in [-0.2, 0) is 6.42 Å². The number of hydrogen-bond donors (Lipinski definition) is 0. The van der Waals surface area contributed by atoms with Gasteiger partial charge < -0.3 is 0 Å². The highest BCUT2D eigenvalue weighted by atomic mass is 79.9. The molecule has 0 N–H and O–H groups in total. The Bertz CT molecular complexity index is 257. The standard InChI is InChI=1S/C10H14BrClS/c1-7(5-8(2)12)6-9-3-4-10(11)13-9/h3-4,7-8H,5-6H2,1-2H3. The van der Waals surface area contributed by atoms with E-state index in [-0.39, 0.29) is 0 Å². The maximum Gasteiger partial charge on any atom is 0.0701 e. The molecule has 1 heterocycles. The Labute approximate surface area is 97.4 Å². The summed E-state index contributed by atoms with van der Waals surface area (Å²) in [5.41, 5.74) is 0. The minimum atomic E-state index is 0.290. The van der Waals surface area contributed by atoms with Crippen LogP contribution in [0.25, 0.3) is 0 Å². The summed E-state index contributed by atoms with van der Waals surface area (Å²) in [4.78, 5) is 1.44. The topological polar surface area (TPSA) is 0 Å². The van der Waals surface area contributed by atoms with Crippen LogP contribution in [0.2, 0.25) is 0 Å². The van der Waals surface area contributed by atoms with E-state index in [1.54, 1.807) is 0 Å². The first-order chi connectivity index (χ1) is 6.08. The molecule has 0 aliphatic carbocycles. The van der Waals surface area contributed by atoms with Crippen molar-refractivity contribution in [3.05, 3.63) is 20.8 Å². The zero-order chi connectivity index (χ0) is 9.84. The Morgan fingerprint density at radius 3 is 2.62 bits per heavy atom. The van der Waals surface area contributed by atoms with Gasteiger partial charge in [-0.15, -0.1) is 22.9 Å².